The number of hydrogen-bond acceptors (Lipinski definition) is 6. The zero-order valence-electron chi connectivity index (χ0n) is 15.3. The van der Waals surface area contributed by atoms with Crippen molar-refractivity contribution in [3.05, 3.63) is 0 Å². The summed E-state index contributed by atoms with van der Waals surface area (Å²) in [6.45, 7) is -1.97. The van der Waals surface area contributed by atoms with Crippen molar-refractivity contribution < 1.29 is 84.6 Å². The van der Waals surface area contributed by atoms with Crippen LogP contribution in [0.3, 0.4) is 0 Å². The predicted octanol–water partition coefficient (Wildman–Crippen LogP) is 4.02. The number of alkyl halides is 13. The highest BCUT2D eigenvalue weighted by atomic mass is 28.4. The first-order valence-corrected chi connectivity index (χ1v) is 9.06. The summed E-state index contributed by atoms with van der Waals surface area (Å²) in [7, 11) is -0.702. The van der Waals surface area contributed by atoms with Crippen LogP contribution in [-0.2, 0) is 27.5 Å². The average molecular weight is 516 g/mol. The minimum atomic E-state index is -7.45. The van der Waals surface area contributed by atoms with Gasteiger partial charge in [0.1, 0.15) is 6.23 Å². The smallest absolute Gasteiger partial charge is 0.375 e. The van der Waals surface area contributed by atoms with Gasteiger partial charge in [0, 0.05) is 21.3 Å². The highest BCUT2D eigenvalue weighted by molar-refractivity contribution is 6.60. The SMILES string of the molecule is CO[Si](COCOC(F)(F)C(F)(F)C(F)(F)OC(F)(F)C(F)(F)C(F)(F)F)(OC)OC. The van der Waals surface area contributed by atoms with Gasteiger partial charge in [-0.15, -0.1) is 0 Å². The summed E-state index contributed by atoms with van der Waals surface area (Å²) in [5.41, 5.74) is 0. The number of halogens is 13. The summed E-state index contributed by atoms with van der Waals surface area (Å²) in [4.78, 5) is 0. The molecule has 0 aliphatic heterocycles. The molecule has 0 fully saturated rings. The van der Waals surface area contributed by atoms with Crippen LogP contribution in [0.25, 0.3) is 0 Å². The number of hydrogen-bond donors (Lipinski definition) is 0. The van der Waals surface area contributed by atoms with Crippen LogP contribution in [0.5, 0.6) is 0 Å². The monoisotopic (exact) mass is 516 g/mol. The average Bonchev–Trinajstić information content (AvgIpc) is 2.60. The Hall–Kier alpha value is -0.933. The Morgan fingerprint density at radius 1 is 0.581 bits per heavy atom. The van der Waals surface area contributed by atoms with Crippen molar-refractivity contribution in [1.82, 2.24) is 0 Å². The quantitative estimate of drug-likeness (QED) is 0.160. The normalized spacial score (nSPS) is 15.5. The molecule has 6 nitrogen and oxygen atoms in total. The van der Waals surface area contributed by atoms with E-state index in [-0.39, 0.29) is 0 Å². The van der Waals surface area contributed by atoms with Crippen LogP contribution in [0.1, 0.15) is 0 Å². The van der Waals surface area contributed by atoms with Gasteiger partial charge in [-0.25, -0.2) is 4.74 Å². The number of rotatable bonds is 13. The van der Waals surface area contributed by atoms with Gasteiger partial charge in [0.2, 0.25) is 0 Å². The van der Waals surface area contributed by atoms with Crippen molar-refractivity contribution in [2.24, 2.45) is 0 Å². The minimum Gasteiger partial charge on any atom is -0.375 e. The molecule has 0 radical (unpaired) electrons. The Bertz CT molecular complexity index is 573. The van der Waals surface area contributed by atoms with Crippen molar-refractivity contribution in [1.29, 1.82) is 0 Å². The molecule has 0 aromatic heterocycles. The lowest BCUT2D eigenvalue weighted by Crippen LogP contribution is -2.62. The first kappa shape index (κ1) is 30.1. The van der Waals surface area contributed by atoms with Gasteiger partial charge in [-0.2, -0.15) is 57.1 Å². The van der Waals surface area contributed by atoms with Gasteiger partial charge in [-0.1, -0.05) is 0 Å². The van der Waals surface area contributed by atoms with Crippen LogP contribution in [0.4, 0.5) is 57.1 Å². The lowest BCUT2D eigenvalue weighted by atomic mass is 10.2. The molecule has 0 aromatic rings. The van der Waals surface area contributed by atoms with E-state index in [2.05, 4.69) is 9.47 Å². The molecule has 0 unspecified atom stereocenters. The predicted molar refractivity (Wildman–Crippen MR) is 70.6 cm³/mol. The number of ether oxygens (including phenoxy) is 3. The lowest BCUT2D eigenvalue weighted by Gasteiger charge is -2.35. The van der Waals surface area contributed by atoms with Crippen LogP contribution >= 0.6 is 0 Å². The fourth-order valence-corrected chi connectivity index (χ4v) is 2.61. The first-order chi connectivity index (χ1) is 13.6. The molecule has 0 N–H and O–H groups in total. The van der Waals surface area contributed by atoms with Gasteiger partial charge in [0.25, 0.3) is 0 Å². The molecule has 0 amide bonds. The molecule has 0 bridgehead atoms. The molecule has 0 aliphatic carbocycles. The van der Waals surface area contributed by atoms with E-state index in [0.29, 0.717) is 0 Å². The van der Waals surface area contributed by atoms with Crippen molar-refractivity contribution in [3.8, 4) is 0 Å². The Morgan fingerprint density at radius 3 is 1.32 bits per heavy atom. The second-order valence-corrected chi connectivity index (χ2v) is 8.08. The maximum absolute atomic E-state index is 13.3. The summed E-state index contributed by atoms with van der Waals surface area (Å²) in [5, 5.41) is 0. The zero-order valence-corrected chi connectivity index (χ0v) is 16.3. The molecule has 0 heterocycles. The maximum atomic E-state index is 13.3. The van der Waals surface area contributed by atoms with Gasteiger partial charge in [-0.05, 0) is 0 Å². The van der Waals surface area contributed by atoms with Crippen LogP contribution in [-0.4, -0.2) is 79.5 Å². The second-order valence-electron chi connectivity index (χ2n) is 5.20. The van der Waals surface area contributed by atoms with E-state index in [1.165, 1.54) is 4.74 Å². The Kier molecular flexibility index (Phi) is 9.22. The van der Waals surface area contributed by atoms with Crippen LogP contribution in [0.15, 0.2) is 0 Å². The van der Waals surface area contributed by atoms with Crippen LogP contribution < -0.4 is 0 Å². The molecule has 0 spiro atoms. The van der Waals surface area contributed by atoms with E-state index < -0.39 is 58.2 Å². The maximum Gasteiger partial charge on any atom is 0.527 e. The van der Waals surface area contributed by atoms with Crippen LogP contribution in [0.2, 0.25) is 0 Å². The van der Waals surface area contributed by atoms with Gasteiger partial charge in [0.15, 0.2) is 6.79 Å². The van der Waals surface area contributed by atoms with E-state index in [1.54, 1.807) is 0 Å². The van der Waals surface area contributed by atoms with E-state index in [1.807, 2.05) is 0 Å². The fourth-order valence-electron chi connectivity index (χ4n) is 1.42. The largest absolute Gasteiger partial charge is 0.527 e. The summed E-state index contributed by atoms with van der Waals surface area (Å²) in [6.07, 6.45) is -29.3. The van der Waals surface area contributed by atoms with E-state index >= 15 is 0 Å². The lowest BCUT2D eigenvalue weighted by molar-refractivity contribution is -0.524. The molecular formula is C11H13F13O6Si. The molecule has 188 valence electrons. The van der Waals surface area contributed by atoms with Crippen LogP contribution in [0, 0.1) is 0 Å². The summed E-state index contributed by atoms with van der Waals surface area (Å²) in [5.74, 6) is -14.6. The third-order valence-corrected chi connectivity index (χ3v) is 5.67. The Labute approximate surface area is 165 Å². The van der Waals surface area contributed by atoms with E-state index in [4.69, 9.17) is 13.3 Å². The minimum absolute atomic E-state index is 0.888. The topological polar surface area (TPSA) is 55.4 Å². The van der Waals surface area contributed by atoms with Gasteiger partial charge >= 0.3 is 45.2 Å². The molecule has 0 atom stereocenters. The molecule has 0 saturated heterocycles. The zero-order chi connectivity index (χ0) is 25.2. The molecule has 20 heteroatoms. The summed E-state index contributed by atoms with van der Waals surface area (Å²) in [6, 6.07) is 0. The fraction of sp³-hybridized carbons (Fsp3) is 1.00. The Balaban J connectivity index is 5.43. The molecule has 0 rings (SSSR count). The van der Waals surface area contributed by atoms with Gasteiger partial charge in [0.05, 0.1) is 0 Å². The highest BCUT2D eigenvalue weighted by Gasteiger charge is 2.82. The second kappa shape index (κ2) is 9.51. The molecular weight excluding hydrogens is 503 g/mol. The third kappa shape index (κ3) is 6.10. The van der Waals surface area contributed by atoms with Crippen molar-refractivity contribution >= 4 is 8.80 Å². The van der Waals surface area contributed by atoms with Gasteiger partial charge < -0.3 is 18.0 Å². The standard InChI is InChI=1S/C11H13F13O6Si/c1-25-31(26-2,27-3)5-28-4-29-9(19,20)7(14,15)11(23,24)30-10(21,22)6(12,13)8(16,17)18/h4-5H2,1-3H3. The highest BCUT2D eigenvalue weighted by Crippen LogP contribution is 2.53. The van der Waals surface area contributed by atoms with Crippen molar-refractivity contribution in [3.63, 3.8) is 0 Å². The van der Waals surface area contributed by atoms with E-state index in [0.717, 1.165) is 21.3 Å². The molecule has 0 aromatic carbocycles. The Morgan fingerprint density at radius 2 is 0.968 bits per heavy atom. The summed E-state index contributed by atoms with van der Waals surface area (Å²) < 4.78 is 189. The third-order valence-electron chi connectivity index (χ3n) is 3.24. The van der Waals surface area contributed by atoms with Crippen molar-refractivity contribution in [2.75, 3.05) is 34.4 Å². The van der Waals surface area contributed by atoms with Crippen molar-refractivity contribution in [2.45, 2.75) is 36.3 Å². The first-order valence-electron chi connectivity index (χ1n) is 7.13. The molecule has 0 saturated carbocycles. The van der Waals surface area contributed by atoms with Gasteiger partial charge in [-0.3, -0.25) is 4.74 Å². The molecule has 31 heavy (non-hydrogen) atoms. The molecule has 0 aliphatic rings. The van der Waals surface area contributed by atoms with E-state index in [9.17, 15) is 57.1 Å². The summed E-state index contributed by atoms with van der Waals surface area (Å²) >= 11 is 0.